The molecule has 0 spiro atoms. The van der Waals surface area contributed by atoms with E-state index in [0.717, 1.165) is 49.8 Å². The molecular weight excluding hydrogens is 384 g/mol. The molecule has 2 amide bonds. The molecule has 1 heterocycles. The van der Waals surface area contributed by atoms with Gasteiger partial charge >= 0.3 is 0 Å². The van der Waals surface area contributed by atoms with E-state index in [1.165, 1.54) is 0 Å². The monoisotopic (exact) mass is 412 g/mol. The van der Waals surface area contributed by atoms with Crippen LogP contribution < -0.4 is 4.90 Å². The number of para-hydroxylation sites is 1. The molecule has 2 aromatic carbocycles. The molecule has 0 saturated heterocycles. The summed E-state index contributed by atoms with van der Waals surface area (Å²) in [4.78, 5) is 29.4. The molecule has 3 rings (SSSR count). The minimum Gasteiger partial charge on any atom is -0.334 e. The number of hydrogen-bond acceptors (Lipinski definition) is 2. The maximum Gasteiger partial charge on any atom is 0.255 e. The van der Waals surface area contributed by atoms with Gasteiger partial charge in [-0.1, -0.05) is 67.6 Å². The van der Waals surface area contributed by atoms with Crippen LogP contribution in [0.15, 0.2) is 48.5 Å². The molecule has 0 unspecified atom stereocenters. The molecule has 154 valence electrons. The highest BCUT2D eigenvalue weighted by Gasteiger charge is 2.22. The van der Waals surface area contributed by atoms with Crippen LogP contribution in [0.1, 0.15) is 61.4 Å². The van der Waals surface area contributed by atoms with Gasteiger partial charge in [-0.25, -0.2) is 0 Å². The second-order valence-corrected chi connectivity index (χ2v) is 8.03. The first-order chi connectivity index (χ1) is 14.1. The number of carbonyl (C=O) groups excluding carboxylic acids is 2. The van der Waals surface area contributed by atoms with E-state index in [1.807, 2.05) is 46.2 Å². The molecule has 0 aliphatic carbocycles. The average molecular weight is 413 g/mol. The van der Waals surface area contributed by atoms with Gasteiger partial charge in [-0.05, 0) is 36.6 Å². The Morgan fingerprint density at radius 3 is 2.17 bits per heavy atom. The minimum absolute atomic E-state index is 0.0382. The number of halogens is 1. The van der Waals surface area contributed by atoms with Crippen molar-refractivity contribution >= 4 is 29.1 Å². The molecule has 0 saturated carbocycles. The van der Waals surface area contributed by atoms with Gasteiger partial charge in [0.15, 0.2) is 0 Å². The van der Waals surface area contributed by atoms with Crippen molar-refractivity contribution in [2.45, 2.75) is 52.0 Å². The Morgan fingerprint density at radius 1 is 0.828 bits per heavy atom. The van der Waals surface area contributed by atoms with Crippen molar-refractivity contribution < 1.29 is 9.59 Å². The Bertz CT molecular complexity index is 852. The van der Waals surface area contributed by atoms with E-state index in [1.54, 1.807) is 19.1 Å². The zero-order valence-electron chi connectivity index (χ0n) is 17.1. The van der Waals surface area contributed by atoms with Gasteiger partial charge in [0.2, 0.25) is 5.91 Å². The lowest BCUT2D eigenvalue weighted by molar-refractivity contribution is -0.116. The number of rotatable bonds is 1. The summed E-state index contributed by atoms with van der Waals surface area (Å²) in [5.41, 5.74) is 2.41. The van der Waals surface area contributed by atoms with Crippen LogP contribution in [0.4, 0.5) is 5.69 Å². The first-order valence-electron chi connectivity index (χ1n) is 10.5. The molecule has 5 heteroatoms. The van der Waals surface area contributed by atoms with Gasteiger partial charge in [0.05, 0.1) is 10.6 Å². The highest BCUT2D eigenvalue weighted by molar-refractivity contribution is 6.33. The van der Waals surface area contributed by atoms with E-state index in [-0.39, 0.29) is 11.8 Å². The molecule has 0 N–H and O–H groups in total. The zero-order valence-corrected chi connectivity index (χ0v) is 17.8. The summed E-state index contributed by atoms with van der Waals surface area (Å²) < 4.78 is 0. The molecule has 0 bridgehead atoms. The van der Waals surface area contributed by atoms with Crippen molar-refractivity contribution in [3.63, 3.8) is 0 Å². The van der Waals surface area contributed by atoms with E-state index in [2.05, 4.69) is 0 Å². The van der Waals surface area contributed by atoms with Gasteiger partial charge < -0.3 is 9.80 Å². The number of amides is 2. The summed E-state index contributed by atoms with van der Waals surface area (Å²) in [7, 11) is 0. The zero-order chi connectivity index (χ0) is 20.6. The Kier molecular flexibility index (Phi) is 7.70. The van der Waals surface area contributed by atoms with Crippen LogP contribution in [0.2, 0.25) is 5.02 Å². The fraction of sp³-hybridized carbons (Fsp3) is 0.417. The molecule has 0 aromatic heterocycles. The molecule has 0 atom stereocenters. The van der Waals surface area contributed by atoms with E-state index in [4.69, 9.17) is 11.6 Å². The molecule has 2 aromatic rings. The van der Waals surface area contributed by atoms with Crippen molar-refractivity contribution in [2.24, 2.45) is 0 Å². The second kappa shape index (κ2) is 10.4. The quantitative estimate of drug-likeness (QED) is 0.603. The predicted octanol–water partition coefficient (Wildman–Crippen LogP) is 5.69. The molecule has 0 fully saturated rings. The van der Waals surface area contributed by atoms with Gasteiger partial charge in [0, 0.05) is 32.2 Å². The summed E-state index contributed by atoms with van der Waals surface area (Å²) in [5.74, 6) is -0.0223. The van der Waals surface area contributed by atoms with Crippen molar-refractivity contribution in [2.75, 3.05) is 18.0 Å². The standard InChI is InChI=1S/C24H29ClN2O2/c1-19(28)27-17-11-5-3-2-4-10-16-26(18-20-12-6-9-15-23(20)27)24(29)21-13-7-8-14-22(21)25/h6-9,12-15H,2-5,10-11,16-18H2,1H3. The van der Waals surface area contributed by atoms with E-state index < -0.39 is 0 Å². The van der Waals surface area contributed by atoms with Crippen molar-refractivity contribution in [1.29, 1.82) is 0 Å². The highest BCUT2D eigenvalue weighted by Crippen LogP contribution is 2.26. The molecule has 4 nitrogen and oxygen atoms in total. The Morgan fingerprint density at radius 2 is 1.45 bits per heavy atom. The number of fused-ring (bicyclic) bond motifs is 1. The summed E-state index contributed by atoms with van der Waals surface area (Å²) in [6.45, 7) is 3.47. The van der Waals surface area contributed by atoms with Crippen molar-refractivity contribution in [1.82, 2.24) is 4.90 Å². The van der Waals surface area contributed by atoms with E-state index >= 15 is 0 Å². The Hall–Kier alpha value is -2.33. The van der Waals surface area contributed by atoms with Gasteiger partial charge in [0.25, 0.3) is 5.91 Å². The van der Waals surface area contributed by atoms with Crippen LogP contribution in [0.3, 0.4) is 0 Å². The summed E-state index contributed by atoms with van der Waals surface area (Å²) in [6.07, 6.45) is 6.50. The van der Waals surface area contributed by atoms with Crippen LogP contribution >= 0.6 is 11.6 Å². The Labute approximate surface area is 178 Å². The summed E-state index contributed by atoms with van der Waals surface area (Å²) >= 11 is 6.30. The lowest BCUT2D eigenvalue weighted by Gasteiger charge is -2.28. The van der Waals surface area contributed by atoms with Crippen LogP contribution in [0.25, 0.3) is 0 Å². The Balaban J connectivity index is 1.95. The third kappa shape index (κ3) is 5.60. The highest BCUT2D eigenvalue weighted by atomic mass is 35.5. The summed E-state index contributed by atoms with van der Waals surface area (Å²) in [6, 6.07) is 15.1. The maximum atomic E-state index is 13.3. The van der Waals surface area contributed by atoms with Gasteiger partial charge in [-0.3, -0.25) is 9.59 Å². The van der Waals surface area contributed by atoms with Gasteiger partial charge in [0.1, 0.15) is 0 Å². The largest absolute Gasteiger partial charge is 0.334 e. The molecule has 1 aliphatic heterocycles. The topological polar surface area (TPSA) is 40.6 Å². The number of carbonyl (C=O) groups is 2. The van der Waals surface area contributed by atoms with E-state index in [9.17, 15) is 9.59 Å². The maximum absolute atomic E-state index is 13.3. The molecule has 29 heavy (non-hydrogen) atoms. The van der Waals surface area contributed by atoms with Crippen molar-refractivity contribution in [3.8, 4) is 0 Å². The fourth-order valence-electron chi connectivity index (χ4n) is 3.90. The van der Waals surface area contributed by atoms with Crippen LogP contribution in [0, 0.1) is 0 Å². The SMILES string of the molecule is CC(=O)N1CCCCCCCCN(C(=O)c2ccccc2Cl)Cc2ccccc21. The van der Waals surface area contributed by atoms with Crippen LogP contribution in [-0.4, -0.2) is 29.8 Å². The number of nitrogens with zero attached hydrogens (tertiary/aromatic N) is 2. The number of benzene rings is 2. The van der Waals surface area contributed by atoms with E-state index in [0.29, 0.717) is 30.2 Å². The first-order valence-corrected chi connectivity index (χ1v) is 10.9. The predicted molar refractivity (Wildman–Crippen MR) is 118 cm³/mol. The molecule has 0 radical (unpaired) electrons. The van der Waals surface area contributed by atoms with Gasteiger partial charge in [-0.2, -0.15) is 0 Å². The van der Waals surface area contributed by atoms with Crippen LogP contribution in [0.5, 0.6) is 0 Å². The third-order valence-electron chi connectivity index (χ3n) is 5.47. The third-order valence-corrected chi connectivity index (χ3v) is 5.80. The minimum atomic E-state index is -0.0605. The fourth-order valence-corrected chi connectivity index (χ4v) is 4.11. The molecular formula is C24H29ClN2O2. The lowest BCUT2D eigenvalue weighted by Crippen LogP contribution is -2.34. The normalized spacial score (nSPS) is 16.2. The smallest absolute Gasteiger partial charge is 0.255 e. The number of anilines is 1. The van der Waals surface area contributed by atoms with Crippen molar-refractivity contribution in [3.05, 3.63) is 64.7 Å². The van der Waals surface area contributed by atoms with Gasteiger partial charge in [-0.15, -0.1) is 0 Å². The second-order valence-electron chi connectivity index (χ2n) is 7.63. The first kappa shape index (κ1) is 21.4. The van der Waals surface area contributed by atoms with Crippen LogP contribution in [-0.2, 0) is 11.3 Å². The number of hydrogen-bond donors (Lipinski definition) is 0. The molecule has 1 aliphatic rings. The lowest BCUT2D eigenvalue weighted by atomic mass is 10.1. The summed E-state index contributed by atoms with van der Waals surface area (Å²) in [5, 5.41) is 0.471. The average Bonchev–Trinajstić information content (AvgIpc) is 2.73.